The largest absolute Gasteiger partial charge is 0.468 e. The Labute approximate surface area is 122 Å². The minimum absolute atomic E-state index is 0.178. The van der Waals surface area contributed by atoms with Crippen molar-refractivity contribution in [2.24, 2.45) is 0 Å². The zero-order valence-corrected chi connectivity index (χ0v) is 13.2. The van der Waals surface area contributed by atoms with Gasteiger partial charge >= 0.3 is 5.97 Å². The number of alkyl halides is 1. The van der Waals surface area contributed by atoms with Gasteiger partial charge in [0.05, 0.1) is 7.11 Å². The van der Waals surface area contributed by atoms with Gasteiger partial charge < -0.3 is 10.1 Å². The maximum absolute atomic E-state index is 11.9. The number of carbonyl (C=O) groups is 2. The van der Waals surface area contributed by atoms with Gasteiger partial charge in [-0.3, -0.25) is 9.59 Å². The fourth-order valence-corrected chi connectivity index (χ4v) is 2.06. The monoisotopic (exact) mass is 377 g/mol. The van der Waals surface area contributed by atoms with E-state index in [9.17, 15) is 9.59 Å². The summed E-state index contributed by atoms with van der Waals surface area (Å²) in [5.41, 5.74) is 1.44. The van der Waals surface area contributed by atoms with E-state index >= 15 is 0 Å². The van der Waals surface area contributed by atoms with E-state index in [1.807, 2.05) is 13.0 Å². The van der Waals surface area contributed by atoms with Crippen LogP contribution >= 0.6 is 31.9 Å². The smallest absolute Gasteiger partial charge is 0.321 e. The number of amides is 1. The highest BCUT2D eigenvalue weighted by molar-refractivity contribution is 9.10. The highest BCUT2D eigenvalue weighted by atomic mass is 79.9. The summed E-state index contributed by atoms with van der Waals surface area (Å²) < 4.78 is 5.42. The number of carbonyl (C=O) groups excluding carboxylic acids is 2. The molecule has 1 aromatic rings. The van der Waals surface area contributed by atoms with Crippen LogP contribution in [0.15, 0.2) is 22.7 Å². The van der Waals surface area contributed by atoms with Gasteiger partial charge in [0.15, 0.2) is 0 Å². The molecule has 0 saturated carbocycles. The molecule has 4 nitrogen and oxygen atoms in total. The van der Waals surface area contributed by atoms with Gasteiger partial charge in [-0.1, -0.05) is 37.9 Å². The number of halogens is 2. The maximum atomic E-state index is 11.9. The van der Waals surface area contributed by atoms with Gasteiger partial charge in [-0.05, 0) is 24.6 Å². The van der Waals surface area contributed by atoms with Crippen LogP contribution in [-0.4, -0.2) is 30.4 Å². The highest BCUT2D eigenvalue weighted by Gasteiger charge is 2.17. The van der Waals surface area contributed by atoms with Gasteiger partial charge in [0.1, 0.15) is 4.83 Å². The molecule has 0 bridgehead atoms. The fourth-order valence-electron chi connectivity index (χ4n) is 1.34. The zero-order chi connectivity index (χ0) is 13.7. The maximum Gasteiger partial charge on any atom is 0.321 e. The van der Waals surface area contributed by atoms with Crippen LogP contribution in [0, 0.1) is 6.92 Å². The van der Waals surface area contributed by atoms with Crippen LogP contribution in [0.1, 0.15) is 15.9 Å². The van der Waals surface area contributed by atoms with Crippen molar-refractivity contribution in [3.63, 3.8) is 0 Å². The summed E-state index contributed by atoms with van der Waals surface area (Å²) in [5.74, 6) is -0.636. The van der Waals surface area contributed by atoms with Gasteiger partial charge in [-0.25, -0.2) is 0 Å². The lowest BCUT2D eigenvalue weighted by molar-refractivity contribution is -0.139. The second-order valence-corrected chi connectivity index (χ2v) is 5.57. The fraction of sp³-hybridized carbons (Fsp3) is 0.333. The predicted molar refractivity (Wildman–Crippen MR) is 75.9 cm³/mol. The molecular formula is C12H13Br2NO3. The summed E-state index contributed by atoms with van der Waals surface area (Å²) in [4.78, 5) is 22.5. The van der Waals surface area contributed by atoms with Crippen molar-refractivity contribution in [1.82, 2.24) is 5.32 Å². The number of methoxy groups -OCH3 is 1. The summed E-state index contributed by atoms with van der Waals surface area (Å²) in [6.45, 7) is 2.03. The summed E-state index contributed by atoms with van der Waals surface area (Å²) in [5, 5.41) is 2.67. The van der Waals surface area contributed by atoms with E-state index < -0.39 is 10.8 Å². The van der Waals surface area contributed by atoms with E-state index in [-0.39, 0.29) is 12.5 Å². The van der Waals surface area contributed by atoms with Crippen molar-refractivity contribution in [3.05, 3.63) is 33.8 Å². The van der Waals surface area contributed by atoms with Crippen LogP contribution < -0.4 is 5.32 Å². The van der Waals surface area contributed by atoms with Crippen LogP contribution in [0.4, 0.5) is 0 Å². The lowest BCUT2D eigenvalue weighted by Gasteiger charge is -2.11. The molecule has 0 fully saturated rings. The Hall–Kier alpha value is -0.880. The molecule has 6 heteroatoms. The van der Waals surface area contributed by atoms with Crippen molar-refractivity contribution >= 4 is 43.7 Å². The average Bonchev–Trinajstić information content (AvgIpc) is 2.37. The summed E-state index contributed by atoms with van der Waals surface area (Å²) in [6.07, 6.45) is 0. The van der Waals surface area contributed by atoms with Crippen molar-refractivity contribution in [3.8, 4) is 0 Å². The number of esters is 1. The highest BCUT2D eigenvalue weighted by Crippen LogP contribution is 2.19. The van der Waals surface area contributed by atoms with Crippen LogP contribution in [-0.2, 0) is 9.53 Å². The number of nitrogens with one attached hydrogen (secondary N) is 1. The third-order valence-electron chi connectivity index (χ3n) is 2.41. The van der Waals surface area contributed by atoms with E-state index in [0.717, 1.165) is 10.0 Å². The van der Waals surface area contributed by atoms with E-state index in [0.29, 0.717) is 5.56 Å². The third-order valence-corrected chi connectivity index (χ3v) is 3.97. The second-order valence-electron chi connectivity index (χ2n) is 3.61. The first kappa shape index (κ1) is 15.2. The Morgan fingerprint density at radius 3 is 2.72 bits per heavy atom. The Morgan fingerprint density at radius 1 is 1.44 bits per heavy atom. The second kappa shape index (κ2) is 6.89. The molecule has 0 aliphatic rings. The summed E-state index contributed by atoms with van der Waals surface area (Å²) in [6, 6.07) is 5.39. The lowest BCUT2D eigenvalue weighted by atomic mass is 10.1. The van der Waals surface area contributed by atoms with Crippen LogP contribution in [0.25, 0.3) is 0 Å². The predicted octanol–water partition coefficient (Wildman–Crippen LogP) is 2.42. The van der Waals surface area contributed by atoms with Crippen LogP contribution in [0.5, 0.6) is 0 Å². The molecule has 1 N–H and O–H groups in total. The minimum Gasteiger partial charge on any atom is -0.468 e. The van der Waals surface area contributed by atoms with Gasteiger partial charge in [0.25, 0.3) is 5.91 Å². The Balaban J connectivity index is 2.66. The molecule has 1 aromatic carbocycles. The minimum atomic E-state index is -0.543. The van der Waals surface area contributed by atoms with Gasteiger partial charge in [-0.2, -0.15) is 0 Å². The van der Waals surface area contributed by atoms with E-state index in [2.05, 4.69) is 41.9 Å². The first-order valence-corrected chi connectivity index (χ1v) is 6.93. The standard InChI is InChI=1S/C12H13Br2NO3/c1-7-8(4-3-5-9(7)13)11(16)15-6-10(14)12(17)18-2/h3-5,10H,6H2,1-2H3,(H,15,16). The SMILES string of the molecule is COC(=O)C(Br)CNC(=O)c1cccc(Br)c1C. The molecule has 0 saturated heterocycles. The number of ether oxygens (including phenoxy) is 1. The molecule has 1 amide bonds. The summed E-state index contributed by atoms with van der Waals surface area (Å²) in [7, 11) is 1.30. The van der Waals surface area contributed by atoms with Crippen molar-refractivity contribution in [2.45, 2.75) is 11.8 Å². The summed E-state index contributed by atoms with van der Waals surface area (Å²) >= 11 is 6.50. The van der Waals surface area contributed by atoms with Gasteiger partial charge in [-0.15, -0.1) is 0 Å². The Morgan fingerprint density at radius 2 is 2.11 bits per heavy atom. The van der Waals surface area contributed by atoms with Crippen LogP contribution in [0.2, 0.25) is 0 Å². The van der Waals surface area contributed by atoms with Gasteiger partial charge in [0, 0.05) is 16.6 Å². The topological polar surface area (TPSA) is 55.4 Å². The zero-order valence-electron chi connectivity index (χ0n) is 10.00. The van der Waals surface area contributed by atoms with E-state index in [1.54, 1.807) is 12.1 Å². The Kier molecular flexibility index (Phi) is 5.81. The van der Waals surface area contributed by atoms with E-state index in [1.165, 1.54) is 7.11 Å². The third kappa shape index (κ3) is 3.81. The molecule has 18 heavy (non-hydrogen) atoms. The quantitative estimate of drug-likeness (QED) is 0.646. The molecule has 1 atom stereocenters. The molecule has 0 aliphatic heterocycles. The van der Waals surface area contributed by atoms with Gasteiger partial charge in [0.2, 0.25) is 0 Å². The molecule has 0 aliphatic carbocycles. The Bertz CT molecular complexity index is 463. The molecule has 98 valence electrons. The first-order valence-electron chi connectivity index (χ1n) is 5.22. The lowest BCUT2D eigenvalue weighted by Crippen LogP contribution is -2.34. The van der Waals surface area contributed by atoms with E-state index in [4.69, 9.17) is 0 Å². The number of hydrogen-bond acceptors (Lipinski definition) is 3. The number of hydrogen-bond donors (Lipinski definition) is 1. The number of benzene rings is 1. The number of rotatable bonds is 4. The molecule has 0 radical (unpaired) electrons. The molecule has 0 aromatic heterocycles. The average molecular weight is 379 g/mol. The normalized spacial score (nSPS) is 11.8. The van der Waals surface area contributed by atoms with Crippen LogP contribution in [0.3, 0.4) is 0 Å². The first-order chi connectivity index (χ1) is 8.47. The van der Waals surface area contributed by atoms with Crippen molar-refractivity contribution in [1.29, 1.82) is 0 Å². The van der Waals surface area contributed by atoms with Crippen molar-refractivity contribution in [2.75, 3.05) is 13.7 Å². The molecule has 1 rings (SSSR count). The van der Waals surface area contributed by atoms with Crippen molar-refractivity contribution < 1.29 is 14.3 Å². The molecule has 0 heterocycles. The molecule has 1 unspecified atom stereocenters. The molecule has 0 spiro atoms. The molecular weight excluding hydrogens is 366 g/mol.